The van der Waals surface area contributed by atoms with Crippen LogP contribution in [0.15, 0.2) is 35.2 Å². The standard InChI is InChI=1S/C14H11F3N2O3S/c1-7-4-11(17)13(6-9(7)15)23(21,22)19-12-3-2-8(14(18)20)5-10(12)16/h2-6,19H,1H3,(H2,18,20). The summed E-state index contributed by atoms with van der Waals surface area (Å²) in [7, 11) is -4.56. The van der Waals surface area contributed by atoms with Crippen LogP contribution in [0.4, 0.5) is 18.9 Å². The molecule has 0 bridgehead atoms. The van der Waals surface area contributed by atoms with Gasteiger partial charge in [-0.3, -0.25) is 9.52 Å². The zero-order valence-corrected chi connectivity index (χ0v) is 12.5. The number of hydrogen-bond donors (Lipinski definition) is 2. The number of nitrogens with one attached hydrogen (secondary N) is 1. The van der Waals surface area contributed by atoms with E-state index in [1.807, 2.05) is 0 Å². The molecule has 0 fully saturated rings. The largest absolute Gasteiger partial charge is 0.366 e. The molecule has 9 heteroatoms. The molecule has 2 aromatic rings. The van der Waals surface area contributed by atoms with Gasteiger partial charge in [0.2, 0.25) is 5.91 Å². The van der Waals surface area contributed by atoms with Crippen molar-refractivity contribution in [1.29, 1.82) is 0 Å². The van der Waals surface area contributed by atoms with E-state index in [0.29, 0.717) is 6.07 Å². The van der Waals surface area contributed by atoms with Crippen molar-refractivity contribution in [3.8, 4) is 0 Å². The second-order valence-electron chi connectivity index (χ2n) is 4.70. The fourth-order valence-corrected chi connectivity index (χ4v) is 2.92. The Labute approximate surface area is 130 Å². The first-order valence-electron chi connectivity index (χ1n) is 6.19. The Bertz CT molecular complexity index is 898. The molecule has 0 saturated heterocycles. The van der Waals surface area contributed by atoms with Crippen LogP contribution in [0.3, 0.4) is 0 Å². The summed E-state index contributed by atoms with van der Waals surface area (Å²) in [5, 5.41) is 0. The molecular weight excluding hydrogens is 333 g/mol. The number of benzene rings is 2. The maximum Gasteiger partial charge on any atom is 0.265 e. The zero-order valence-electron chi connectivity index (χ0n) is 11.7. The summed E-state index contributed by atoms with van der Waals surface area (Å²) in [6.07, 6.45) is 0. The summed E-state index contributed by atoms with van der Waals surface area (Å²) in [4.78, 5) is 9.95. The monoisotopic (exact) mass is 344 g/mol. The number of hydrogen-bond acceptors (Lipinski definition) is 3. The number of amides is 1. The Kier molecular flexibility index (Phi) is 4.33. The van der Waals surface area contributed by atoms with Gasteiger partial charge in [-0.05, 0) is 42.8 Å². The van der Waals surface area contributed by atoms with E-state index >= 15 is 0 Å². The van der Waals surface area contributed by atoms with E-state index in [2.05, 4.69) is 0 Å². The summed E-state index contributed by atoms with van der Waals surface area (Å²) >= 11 is 0. The van der Waals surface area contributed by atoms with Gasteiger partial charge in [-0.15, -0.1) is 0 Å². The molecule has 0 unspecified atom stereocenters. The third-order valence-corrected chi connectivity index (χ3v) is 4.38. The van der Waals surface area contributed by atoms with Gasteiger partial charge in [0.05, 0.1) is 5.69 Å². The Balaban J connectivity index is 2.43. The molecule has 0 aliphatic carbocycles. The molecule has 1 amide bonds. The quantitative estimate of drug-likeness (QED) is 0.892. The third-order valence-electron chi connectivity index (χ3n) is 3.00. The van der Waals surface area contributed by atoms with E-state index in [9.17, 15) is 26.4 Å². The molecule has 0 aromatic heterocycles. The van der Waals surface area contributed by atoms with Crippen molar-refractivity contribution in [3.63, 3.8) is 0 Å². The van der Waals surface area contributed by atoms with Crippen LogP contribution in [-0.4, -0.2) is 14.3 Å². The van der Waals surface area contributed by atoms with Crippen LogP contribution in [0.1, 0.15) is 15.9 Å². The molecule has 5 nitrogen and oxygen atoms in total. The van der Waals surface area contributed by atoms with E-state index in [1.165, 1.54) is 6.92 Å². The lowest BCUT2D eigenvalue weighted by Gasteiger charge is -2.11. The first-order chi connectivity index (χ1) is 10.6. The van der Waals surface area contributed by atoms with Crippen LogP contribution in [0.5, 0.6) is 0 Å². The number of aryl methyl sites for hydroxylation is 1. The molecule has 2 aromatic carbocycles. The normalized spacial score (nSPS) is 11.3. The highest BCUT2D eigenvalue weighted by Crippen LogP contribution is 2.23. The van der Waals surface area contributed by atoms with E-state index in [4.69, 9.17) is 5.73 Å². The van der Waals surface area contributed by atoms with Crippen molar-refractivity contribution in [2.45, 2.75) is 11.8 Å². The van der Waals surface area contributed by atoms with Crippen LogP contribution in [0, 0.1) is 24.4 Å². The van der Waals surface area contributed by atoms with Gasteiger partial charge in [0.1, 0.15) is 22.3 Å². The van der Waals surface area contributed by atoms with E-state index in [-0.39, 0.29) is 11.1 Å². The van der Waals surface area contributed by atoms with Crippen LogP contribution in [-0.2, 0) is 10.0 Å². The highest BCUT2D eigenvalue weighted by Gasteiger charge is 2.22. The van der Waals surface area contributed by atoms with Gasteiger partial charge in [-0.2, -0.15) is 0 Å². The molecule has 0 saturated carbocycles. The average molecular weight is 344 g/mol. The molecule has 2 rings (SSSR count). The minimum atomic E-state index is -4.56. The minimum absolute atomic E-state index is 0.0709. The number of carbonyl (C=O) groups excluding carboxylic acids is 1. The molecule has 0 aliphatic heterocycles. The lowest BCUT2D eigenvalue weighted by molar-refractivity contribution is 0.1000. The Morgan fingerprint density at radius 3 is 2.26 bits per heavy atom. The number of rotatable bonds is 4. The molecule has 0 aliphatic rings. The van der Waals surface area contributed by atoms with Gasteiger partial charge in [-0.1, -0.05) is 0 Å². The fourth-order valence-electron chi connectivity index (χ4n) is 1.78. The van der Waals surface area contributed by atoms with Gasteiger partial charge in [0.25, 0.3) is 10.0 Å². The van der Waals surface area contributed by atoms with Gasteiger partial charge in [0.15, 0.2) is 0 Å². The molecule has 3 N–H and O–H groups in total. The first kappa shape index (κ1) is 16.8. The SMILES string of the molecule is Cc1cc(F)c(S(=O)(=O)Nc2ccc(C(N)=O)cc2F)cc1F. The Morgan fingerprint density at radius 2 is 1.70 bits per heavy atom. The lowest BCUT2D eigenvalue weighted by Crippen LogP contribution is -2.17. The van der Waals surface area contributed by atoms with Crippen LogP contribution in [0.2, 0.25) is 0 Å². The van der Waals surface area contributed by atoms with Crippen molar-refractivity contribution in [2.75, 3.05) is 4.72 Å². The van der Waals surface area contributed by atoms with Crippen molar-refractivity contribution >= 4 is 21.6 Å². The average Bonchev–Trinajstić information content (AvgIpc) is 2.44. The maximum atomic E-state index is 13.8. The van der Waals surface area contributed by atoms with E-state index in [1.54, 1.807) is 4.72 Å². The second kappa shape index (κ2) is 5.92. The maximum absolute atomic E-state index is 13.8. The summed E-state index contributed by atoms with van der Waals surface area (Å²) in [5.41, 5.74) is 4.19. The predicted octanol–water partition coefficient (Wildman–Crippen LogP) is 2.31. The van der Waals surface area contributed by atoms with Crippen molar-refractivity contribution in [1.82, 2.24) is 0 Å². The predicted molar refractivity (Wildman–Crippen MR) is 76.8 cm³/mol. The summed E-state index contributed by atoms with van der Waals surface area (Å²) in [6, 6.07) is 4.00. The summed E-state index contributed by atoms with van der Waals surface area (Å²) in [5.74, 6) is -4.08. The number of nitrogens with two attached hydrogens (primary N) is 1. The van der Waals surface area contributed by atoms with Crippen LogP contribution >= 0.6 is 0 Å². The summed E-state index contributed by atoms with van der Waals surface area (Å²) in [6.45, 7) is 1.27. The molecule has 0 atom stereocenters. The number of carbonyl (C=O) groups is 1. The Morgan fingerprint density at radius 1 is 1.04 bits per heavy atom. The summed E-state index contributed by atoms with van der Waals surface area (Å²) < 4.78 is 67.0. The molecule has 0 spiro atoms. The molecule has 0 heterocycles. The van der Waals surface area contributed by atoms with Crippen LogP contribution < -0.4 is 10.5 Å². The third kappa shape index (κ3) is 3.45. The number of anilines is 1. The molecule has 23 heavy (non-hydrogen) atoms. The first-order valence-corrected chi connectivity index (χ1v) is 7.68. The van der Waals surface area contributed by atoms with E-state index in [0.717, 1.165) is 24.3 Å². The lowest BCUT2D eigenvalue weighted by atomic mass is 10.2. The second-order valence-corrected chi connectivity index (χ2v) is 6.35. The number of primary amides is 1. The van der Waals surface area contributed by atoms with Crippen molar-refractivity contribution in [2.24, 2.45) is 5.73 Å². The molecule has 0 radical (unpaired) electrons. The minimum Gasteiger partial charge on any atom is -0.366 e. The topological polar surface area (TPSA) is 89.3 Å². The number of sulfonamides is 1. The van der Waals surface area contributed by atoms with Gasteiger partial charge in [-0.25, -0.2) is 21.6 Å². The van der Waals surface area contributed by atoms with Gasteiger partial charge >= 0.3 is 0 Å². The van der Waals surface area contributed by atoms with E-state index < -0.39 is 44.0 Å². The van der Waals surface area contributed by atoms with Crippen molar-refractivity contribution in [3.05, 3.63) is 58.9 Å². The van der Waals surface area contributed by atoms with Crippen molar-refractivity contribution < 1.29 is 26.4 Å². The molecular formula is C14H11F3N2O3S. The smallest absolute Gasteiger partial charge is 0.265 e. The van der Waals surface area contributed by atoms with Crippen LogP contribution in [0.25, 0.3) is 0 Å². The highest BCUT2D eigenvalue weighted by molar-refractivity contribution is 7.92. The van der Waals surface area contributed by atoms with Gasteiger partial charge in [0, 0.05) is 5.56 Å². The zero-order chi connectivity index (χ0) is 17.4. The highest BCUT2D eigenvalue weighted by atomic mass is 32.2. The fraction of sp³-hybridized carbons (Fsp3) is 0.0714. The molecule has 122 valence electrons. The van der Waals surface area contributed by atoms with Gasteiger partial charge < -0.3 is 5.73 Å². The Hall–Kier alpha value is -2.55. The number of halogens is 3.